The number of fused-ring (bicyclic) bond motifs is 1. The third-order valence-corrected chi connectivity index (χ3v) is 5.13. The molecular formula is C18H26N4O2. The second-order valence-corrected chi connectivity index (χ2v) is 6.75. The summed E-state index contributed by atoms with van der Waals surface area (Å²) < 4.78 is 2.62. The van der Waals surface area contributed by atoms with E-state index in [4.69, 9.17) is 0 Å². The van der Waals surface area contributed by atoms with Crippen LogP contribution in [0.2, 0.25) is 0 Å². The summed E-state index contributed by atoms with van der Waals surface area (Å²) in [4.78, 5) is 29.3. The van der Waals surface area contributed by atoms with E-state index < -0.39 is 0 Å². The molecule has 1 aliphatic carbocycles. The predicted octanol–water partition coefficient (Wildman–Crippen LogP) is 2.33. The van der Waals surface area contributed by atoms with Crippen LogP contribution < -0.4 is 16.6 Å². The molecule has 1 N–H and O–H groups in total. The molecule has 0 radical (unpaired) electrons. The maximum absolute atomic E-state index is 12.8. The zero-order valence-electron chi connectivity index (χ0n) is 14.8. The molecule has 2 aromatic heterocycles. The van der Waals surface area contributed by atoms with E-state index in [1.165, 1.54) is 41.9 Å². The van der Waals surface area contributed by atoms with Crippen molar-refractivity contribution in [3.8, 4) is 0 Å². The highest BCUT2D eigenvalue weighted by atomic mass is 16.2. The van der Waals surface area contributed by atoms with Crippen molar-refractivity contribution in [2.24, 2.45) is 14.1 Å². The lowest BCUT2D eigenvalue weighted by Crippen LogP contribution is -2.38. The van der Waals surface area contributed by atoms with Crippen LogP contribution in [0, 0.1) is 0 Å². The van der Waals surface area contributed by atoms with Gasteiger partial charge in [0.05, 0.1) is 5.69 Å². The fraction of sp³-hybridized carbons (Fsp3) is 0.611. The van der Waals surface area contributed by atoms with Crippen LogP contribution in [0.25, 0.3) is 11.0 Å². The van der Waals surface area contributed by atoms with Crippen LogP contribution in [0.15, 0.2) is 15.8 Å². The summed E-state index contributed by atoms with van der Waals surface area (Å²) in [5.74, 6) is 0. The van der Waals surface area contributed by atoms with Crippen molar-refractivity contribution in [3.05, 3.63) is 32.6 Å². The molecule has 0 amide bonds. The summed E-state index contributed by atoms with van der Waals surface area (Å²) >= 11 is 0. The van der Waals surface area contributed by atoms with Gasteiger partial charge in [0.2, 0.25) is 0 Å². The van der Waals surface area contributed by atoms with Gasteiger partial charge >= 0.3 is 5.69 Å². The van der Waals surface area contributed by atoms with E-state index in [0.29, 0.717) is 17.1 Å². The van der Waals surface area contributed by atoms with E-state index in [1.54, 1.807) is 13.2 Å². The van der Waals surface area contributed by atoms with Gasteiger partial charge in [-0.25, -0.2) is 9.78 Å². The van der Waals surface area contributed by atoms with E-state index in [-0.39, 0.29) is 11.2 Å². The highest BCUT2D eigenvalue weighted by molar-refractivity contribution is 5.90. The van der Waals surface area contributed by atoms with Crippen molar-refractivity contribution in [2.75, 3.05) is 5.32 Å². The number of aromatic nitrogens is 3. The number of aryl methyl sites for hydroxylation is 2. The van der Waals surface area contributed by atoms with Gasteiger partial charge in [0.25, 0.3) is 5.56 Å². The Morgan fingerprint density at radius 2 is 1.79 bits per heavy atom. The first-order chi connectivity index (χ1) is 11.5. The molecule has 6 nitrogen and oxygen atoms in total. The molecule has 3 rings (SSSR count). The number of nitrogens with zero attached hydrogens (tertiary/aromatic N) is 3. The van der Waals surface area contributed by atoms with E-state index in [1.807, 2.05) is 0 Å². The molecule has 24 heavy (non-hydrogen) atoms. The summed E-state index contributed by atoms with van der Waals surface area (Å²) in [6.07, 6.45) is 9.85. The highest BCUT2D eigenvalue weighted by Gasteiger charge is 2.20. The van der Waals surface area contributed by atoms with Crippen LogP contribution in [-0.2, 0) is 20.5 Å². The highest BCUT2D eigenvalue weighted by Crippen LogP contribution is 2.27. The zero-order chi connectivity index (χ0) is 17.3. The second kappa shape index (κ2) is 6.79. The van der Waals surface area contributed by atoms with E-state index in [0.717, 1.165) is 30.5 Å². The summed E-state index contributed by atoms with van der Waals surface area (Å²) in [7, 11) is 3.19. The van der Waals surface area contributed by atoms with Gasteiger partial charge in [0.15, 0.2) is 5.65 Å². The van der Waals surface area contributed by atoms with Gasteiger partial charge in [0.1, 0.15) is 5.39 Å². The predicted molar refractivity (Wildman–Crippen MR) is 96.7 cm³/mol. The Hall–Kier alpha value is -2.11. The van der Waals surface area contributed by atoms with E-state index in [9.17, 15) is 9.59 Å². The standard InChI is InChI=1S/C18H26N4O2/c1-4-12-11-19-16-14(17(23)22(3)18(24)21(16)2)15(12)20-13-9-7-5-6-8-10-13/h11,13H,4-10H2,1-3H3,(H,19,20). The largest absolute Gasteiger partial charge is 0.381 e. The molecule has 0 saturated heterocycles. The van der Waals surface area contributed by atoms with Gasteiger partial charge in [-0.2, -0.15) is 0 Å². The minimum absolute atomic E-state index is 0.271. The van der Waals surface area contributed by atoms with Crippen molar-refractivity contribution in [2.45, 2.75) is 57.9 Å². The molecule has 1 aliphatic rings. The lowest BCUT2D eigenvalue weighted by atomic mass is 10.1. The molecule has 2 heterocycles. The molecule has 130 valence electrons. The van der Waals surface area contributed by atoms with Gasteiger partial charge in [0, 0.05) is 26.3 Å². The zero-order valence-corrected chi connectivity index (χ0v) is 14.8. The Balaban J connectivity index is 2.20. The maximum atomic E-state index is 12.8. The number of nitrogens with one attached hydrogen (secondary N) is 1. The first-order valence-electron chi connectivity index (χ1n) is 8.88. The van der Waals surface area contributed by atoms with Crippen LogP contribution >= 0.6 is 0 Å². The van der Waals surface area contributed by atoms with Crippen LogP contribution in [-0.4, -0.2) is 20.2 Å². The Morgan fingerprint density at radius 1 is 1.12 bits per heavy atom. The molecule has 2 aromatic rings. The number of hydrogen-bond acceptors (Lipinski definition) is 4. The van der Waals surface area contributed by atoms with Crippen LogP contribution in [0.3, 0.4) is 0 Å². The quantitative estimate of drug-likeness (QED) is 0.877. The first kappa shape index (κ1) is 16.7. The molecule has 0 aliphatic heterocycles. The Labute approximate surface area is 141 Å². The van der Waals surface area contributed by atoms with Crippen LogP contribution in [0.1, 0.15) is 51.0 Å². The normalized spacial score (nSPS) is 16.3. The maximum Gasteiger partial charge on any atom is 0.332 e. The third-order valence-electron chi connectivity index (χ3n) is 5.13. The molecule has 0 aromatic carbocycles. The lowest BCUT2D eigenvalue weighted by Gasteiger charge is -2.21. The number of hydrogen-bond donors (Lipinski definition) is 1. The number of rotatable bonds is 3. The molecule has 1 saturated carbocycles. The molecule has 0 atom stereocenters. The van der Waals surface area contributed by atoms with E-state index >= 15 is 0 Å². The van der Waals surface area contributed by atoms with Crippen LogP contribution in [0.4, 0.5) is 5.69 Å². The third kappa shape index (κ3) is 2.85. The molecule has 6 heteroatoms. The number of pyridine rings is 1. The first-order valence-corrected chi connectivity index (χ1v) is 8.88. The van der Waals surface area contributed by atoms with Crippen LogP contribution in [0.5, 0.6) is 0 Å². The Kier molecular flexibility index (Phi) is 4.73. The van der Waals surface area contributed by atoms with Crippen molar-refractivity contribution in [1.82, 2.24) is 14.1 Å². The number of anilines is 1. The van der Waals surface area contributed by atoms with Gasteiger partial charge in [-0.15, -0.1) is 0 Å². The molecule has 0 unspecified atom stereocenters. The lowest BCUT2D eigenvalue weighted by molar-refractivity contribution is 0.619. The van der Waals surface area contributed by atoms with E-state index in [2.05, 4.69) is 17.2 Å². The van der Waals surface area contributed by atoms with Crippen molar-refractivity contribution in [1.29, 1.82) is 0 Å². The molecule has 0 spiro atoms. The van der Waals surface area contributed by atoms with Gasteiger partial charge in [-0.1, -0.05) is 32.6 Å². The topological polar surface area (TPSA) is 68.9 Å². The van der Waals surface area contributed by atoms with Crippen molar-refractivity contribution in [3.63, 3.8) is 0 Å². The monoisotopic (exact) mass is 330 g/mol. The SMILES string of the molecule is CCc1cnc2c(c1NC1CCCCCC1)c(=O)n(C)c(=O)n2C. The summed E-state index contributed by atoms with van der Waals surface area (Å²) in [6.45, 7) is 2.06. The molecule has 1 fully saturated rings. The fourth-order valence-electron chi connectivity index (χ4n) is 3.63. The minimum Gasteiger partial charge on any atom is -0.381 e. The van der Waals surface area contributed by atoms with Crippen molar-refractivity contribution >= 4 is 16.7 Å². The second-order valence-electron chi connectivity index (χ2n) is 6.75. The Bertz CT molecular complexity index is 858. The summed E-state index contributed by atoms with van der Waals surface area (Å²) in [5.41, 5.74) is 1.74. The van der Waals surface area contributed by atoms with Crippen molar-refractivity contribution < 1.29 is 0 Å². The average molecular weight is 330 g/mol. The summed E-state index contributed by atoms with van der Waals surface area (Å²) in [6, 6.07) is 0.380. The fourth-order valence-corrected chi connectivity index (χ4v) is 3.63. The molecule has 0 bridgehead atoms. The van der Waals surface area contributed by atoms with Gasteiger partial charge < -0.3 is 5.32 Å². The summed E-state index contributed by atoms with van der Waals surface area (Å²) in [5, 5.41) is 4.16. The smallest absolute Gasteiger partial charge is 0.332 e. The average Bonchev–Trinajstić information content (AvgIpc) is 2.86. The minimum atomic E-state index is -0.343. The molecular weight excluding hydrogens is 304 g/mol. The van der Waals surface area contributed by atoms with Gasteiger partial charge in [-0.05, 0) is 24.8 Å². The Morgan fingerprint density at radius 3 is 2.42 bits per heavy atom. The van der Waals surface area contributed by atoms with Gasteiger partial charge in [-0.3, -0.25) is 13.9 Å².